The van der Waals surface area contributed by atoms with Crippen LogP contribution in [0.1, 0.15) is 0 Å². The summed E-state index contributed by atoms with van der Waals surface area (Å²) in [7, 11) is 1.13. The number of hydrogen-bond donors (Lipinski definition) is 1. The third kappa shape index (κ3) is 4.26. The zero-order valence-electron chi connectivity index (χ0n) is 11.9. The van der Waals surface area contributed by atoms with Crippen LogP contribution < -0.4 is 5.32 Å². The molecule has 0 radical (unpaired) electrons. The van der Waals surface area contributed by atoms with E-state index in [1.807, 2.05) is 0 Å². The molecule has 0 aliphatic rings. The van der Waals surface area contributed by atoms with Crippen LogP contribution in [0.4, 0.5) is 0 Å². The van der Waals surface area contributed by atoms with E-state index < -0.39 is 10.0 Å². The lowest BCUT2D eigenvalue weighted by molar-refractivity contribution is -0.129. The smallest absolute Gasteiger partial charge is 0.244 e. The number of amides is 1. The molecule has 1 aromatic heterocycles. The average Bonchev–Trinajstić information content (AvgIpc) is 2.45. The van der Waals surface area contributed by atoms with Crippen molar-refractivity contribution >= 4 is 15.9 Å². The van der Waals surface area contributed by atoms with Crippen LogP contribution in [0.2, 0.25) is 0 Å². The number of carbonyl (C=O) groups excluding carboxylic acids is 1. The molecule has 20 heavy (non-hydrogen) atoms. The topological polar surface area (TPSA) is 82.6 Å². The van der Waals surface area contributed by atoms with Gasteiger partial charge in [0.05, 0.1) is 6.54 Å². The summed E-state index contributed by atoms with van der Waals surface area (Å²) in [5.74, 6) is -0.254. The van der Waals surface area contributed by atoms with Gasteiger partial charge in [-0.05, 0) is 19.2 Å². The molecule has 0 fully saturated rings. The van der Waals surface area contributed by atoms with Crippen LogP contribution in [0.15, 0.2) is 29.4 Å². The number of sulfonamides is 1. The number of nitrogens with one attached hydrogen (secondary N) is 1. The van der Waals surface area contributed by atoms with Crippen LogP contribution >= 0.6 is 0 Å². The van der Waals surface area contributed by atoms with E-state index in [2.05, 4.69) is 10.3 Å². The molecule has 1 aromatic rings. The summed E-state index contributed by atoms with van der Waals surface area (Å²) < 4.78 is 25.4. The van der Waals surface area contributed by atoms with Crippen LogP contribution in [-0.4, -0.2) is 69.3 Å². The minimum atomic E-state index is -3.68. The van der Waals surface area contributed by atoms with Crippen molar-refractivity contribution in [1.82, 2.24) is 19.5 Å². The van der Waals surface area contributed by atoms with Gasteiger partial charge < -0.3 is 10.2 Å². The Kier molecular flexibility index (Phi) is 6.05. The van der Waals surface area contributed by atoms with Crippen molar-refractivity contribution in [1.29, 1.82) is 0 Å². The lowest BCUT2D eigenvalue weighted by Gasteiger charge is -2.21. The van der Waals surface area contributed by atoms with Gasteiger partial charge in [-0.15, -0.1) is 0 Å². The van der Waals surface area contributed by atoms with Crippen molar-refractivity contribution in [3.63, 3.8) is 0 Å². The molecule has 0 aliphatic heterocycles. The summed E-state index contributed by atoms with van der Waals surface area (Å²) in [4.78, 5) is 17.3. The van der Waals surface area contributed by atoms with Gasteiger partial charge >= 0.3 is 0 Å². The van der Waals surface area contributed by atoms with E-state index in [1.165, 1.54) is 30.4 Å². The highest BCUT2D eigenvalue weighted by Crippen LogP contribution is 2.12. The fourth-order valence-corrected chi connectivity index (χ4v) is 2.56. The average molecular weight is 300 g/mol. The Bertz CT molecular complexity index is 533. The normalized spacial score (nSPS) is 11.6. The Morgan fingerprint density at radius 2 is 2.10 bits per heavy atom. The highest BCUT2D eigenvalue weighted by Gasteiger charge is 2.24. The van der Waals surface area contributed by atoms with Gasteiger partial charge in [-0.2, -0.15) is 4.31 Å². The van der Waals surface area contributed by atoms with Crippen molar-refractivity contribution in [2.24, 2.45) is 0 Å². The Morgan fingerprint density at radius 3 is 2.65 bits per heavy atom. The number of nitrogens with zero attached hydrogens (tertiary/aromatic N) is 3. The van der Waals surface area contributed by atoms with Crippen molar-refractivity contribution in [2.45, 2.75) is 4.90 Å². The van der Waals surface area contributed by atoms with Crippen LogP contribution in [0.25, 0.3) is 0 Å². The predicted octanol–water partition coefficient (Wildman–Crippen LogP) is -0.620. The molecule has 0 atom stereocenters. The maximum atomic E-state index is 12.2. The van der Waals surface area contributed by atoms with Crippen molar-refractivity contribution in [3.8, 4) is 0 Å². The van der Waals surface area contributed by atoms with E-state index >= 15 is 0 Å². The molecule has 1 amide bonds. The van der Waals surface area contributed by atoms with Crippen LogP contribution in [-0.2, 0) is 14.8 Å². The first kappa shape index (κ1) is 16.5. The standard InChI is InChI=1S/C12H20N4O3S/c1-13-7-8-15(2)12(17)10-16(3)20(18,19)11-5-4-6-14-9-11/h4-6,9,13H,7-8,10H2,1-3H3. The molecule has 0 bridgehead atoms. The van der Waals surface area contributed by atoms with E-state index in [4.69, 9.17) is 0 Å². The van der Waals surface area contributed by atoms with Gasteiger partial charge in [0.2, 0.25) is 15.9 Å². The summed E-state index contributed by atoms with van der Waals surface area (Å²) in [6.45, 7) is 0.981. The van der Waals surface area contributed by atoms with E-state index in [0.717, 1.165) is 4.31 Å². The monoisotopic (exact) mass is 300 g/mol. The summed E-state index contributed by atoms with van der Waals surface area (Å²) >= 11 is 0. The molecule has 0 spiro atoms. The molecular formula is C12H20N4O3S. The zero-order chi connectivity index (χ0) is 15.2. The predicted molar refractivity (Wildman–Crippen MR) is 75.6 cm³/mol. The molecule has 8 heteroatoms. The van der Waals surface area contributed by atoms with Crippen molar-refractivity contribution in [3.05, 3.63) is 24.5 Å². The van der Waals surface area contributed by atoms with Gasteiger partial charge in [0.15, 0.2) is 0 Å². The highest BCUT2D eigenvalue weighted by atomic mass is 32.2. The molecule has 1 heterocycles. The minimum absolute atomic E-state index is 0.0770. The molecule has 1 N–H and O–H groups in total. The zero-order valence-corrected chi connectivity index (χ0v) is 12.7. The quantitative estimate of drug-likeness (QED) is 0.726. The molecule has 1 rings (SSSR count). The van der Waals surface area contributed by atoms with E-state index in [9.17, 15) is 13.2 Å². The number of rotatable bonds is 7. The lowest BCUT2D eigenvalue weighted by atomic mass is 10.5. The number of carbonyl (C=O) groups is 1. The molecule has 0 aliphatic carbocycles. The first-order chi connectivity index (χ1) is 9.39. The molecule has 7 nitrogen and oxygen atoms in total. The molecule has 0 saturated heterocycles. The van der Waals surface area contributed by atoms with E-state index in [-0.39, 0.29) is 17.3 Å². The highest BCUT2D eigenvalue weighted by molar-refractivity contribution is 7.89. The Morgan fingerprint density at radius 1 is 1.40 bits per heavy atom. The third-order valence-electron chi connectivity index (χ3n) is 2.82. The van der Waals surface area contributed by atoms with Crippen LogP contribution in [0, 0.1) is 0 Å². The van der Waals surface area contributed by atoms with Gasteiger partial charge in [-0.3, -0.25) is 9.78 Å². The maximum Gasteiger partial charge on any atom is 0.244 e. The minimum Gasteiger partial charge on any atom is -0.343 e. The maximum absolute atomic E-state index is 12.2. The van der Waals surface area contributed by atoms with Gasteiger partial charge in [0.25, 0.3) is 0 Å². The SMILES string of the molecule is CNCCN(C)C(=O)CN(C)S(=O)(=O)c1cccnc1. The van der Waals surface area contributed by atoms with Crippen LogP contribution in [0.5, 0.6) is 0 Å². The second-order valence-corrected chi connectivity index (χ2v) is 6.41. The number of aromatic nitrogens is 1. The lowest BCUT2D eigenvalue weighted by Crippen LogP contribution is -2.41. The molecule has 0 unspecified atom stereocenters. The number of pyridine rings is 1. The van der Waals surface area contributed by atoms with E-state index in [0.29, 0.717) is 13.1 Å². The second-order valence-electron chi connectivity index (χ2n) is 4.37. The first-order valence-corrected chi connectivity index (χ1v) is 7.58. The van der Waals surface area contributed by atoms with Crippen LogP contribution in [0.3, 0.4) is 0 Å². The summed E-state index contributed by atoms with van der Waals surface area (Å²) in [5.41, 5.74) is 0. The molecule has 0 aromatic carbocycles. The first-order valence-electron chi connectivity index (χ1n) is 6.14. The largest absolute Gasteiger partial charge is 0.343 e. The number of hydrogen-bond acceptors (Lipinski definition) is 5. The van der Waals surface area contributed by atoms with Gasteiger partial charge in [0.1, 0.15) is 4.90 Å². The molecule has 112 valence electrons. The van der Waals surface area contributed by atoms with Gasteiger partial charge in [-0.1, -0.05) is 0 Å². The Balaban J connectivity index is 2.71. The molecular weight excluding hydrogens is 280 g/mol. The fraction of sp³-hybridized carbons (Fsp3) is 0.500. The Labute approximate surface area is 119 Å². The Hall–Kier alpha value is -1.51. The third-order valence-corrected chi connectivity index (χ3v) is 4.61. The molecule has 0 saturated carbocycles. The second kappa shape index (κ2) is 7.32. The van der Waals surface area contributed by atoms with E-state index in [1.54, 1.807) is 20.2 Å². The fourth-order valence-electron chi connectivity index (χ4n) is 1.48. The summed E-state index contributed by atoms with van der Waals surface area (Å²) in [6.07, 6.45) is 2.76. The van der Waals surface area contributed by atoms with Crippen molar-refractivity contribution in [2.75, 3.05) is 40.8 Å². The van der Waals surface area contributed by atoms with Gasteiger partial charge in [0, 0.05) is 39.6 Å². The number of likely N-dealkylation sites (N-methyl/N-ethyl adjacent to an activating group) is 3. The van der Waals surface area contributed by atoms with Crippen molar-refractivity contribution < 1.29 is 13.2 Å². The summed E-state index contributed by atoms with van der Waals surface area (Å²) in [5, 5.41) is 2.93. The summed E-state index contributed by atoms with van der Waals surface area (Å²) in [6, 6.07) is 3.00. The van der Waals surface area contributed by atoms with Gasteiger partial charge in [-0.25, -0.2) is 8.42 Å².